The van der Waals surface area contributed by atoms with Crippen molar-refractivity contribution in [3.63, 3.8) is 0 Å². The summed E-state index contributed by atoms with van der Waals surface area (Å²) >= 11 is 0. The molecular formula is C12H19N3O3. The van der Waals surface area contributed by atoms with Crippen LogP contribution in [0.15, 0.2) is 12.4 Å². The summed E-state index contributed by atoms with van der Waals surface area (Å²) in [6.45, 7) is 4.30. The van der Waals surface area contributed by atoms with Crippen molar-refractivity contribution in [2.45, 2.75) is 19.8 Å². The van der Waals surface area contributed by atoms with E-state index in [1.807, 2.05) is 0 Å². The van der Waals surface area contributed by atoms with Crippen LogP contribution >= 0.6 is 0 Å². The lowest BCUT2D eigenvalue weighted by molar-refractivity contribution is 0.0593. The lowest BCUT2D eigenvalue weighted by atomic mass is 10.4. The molecule has 100 valence electrons. The minimum absolute atomic E-state index is 0.199. The van der Waals surface area contributed by atoms with Crippen LogP contribution in [-0.2, 0) is 9.47 Å². The Morgan fingerprint density at radius 3 is 2.94 bits per heavy atom. The van der Waals surface area contributed by atoms with Crippen LogP contribution in [0.4, 0.5) is 5.82 Å². The number of hydrogen-bond acceptors (Lipinski definition) is 6. The van der Waals surface area contributed by atoms with Gasteiger partial charge in [0.2, 0.25) is 0 Å². The monoisotopic (exact) mass is 253 g/mol. The quantitative estimate of drug-likeness (QED) is 0.559. The van der Waals surface area contributed by atoms with Crippen molar-refractivity contribution < 1.29 is 14.3 Å². The van der Waals surface area contributed by atoms with Crippen LogP contribution in [0, 0.1) is 0 Å². The van der Waals surface area contributed by atoms with Gasteiger partial charge < -0.3 is 14.8 Å². The van der Waals surface area contributed by atoms with Crippen molar-refractivity contribution in [1.82, 2.24) is 9.97 Å². The highest BCUT2D eigenvalue weighted by molar-refractivity contribution is 5.87. The number of hydrogen-bond donors (Lipinski definition) is 1. The normalized spacial score (nSPS) is 10.1. The molecule has 0 amide bonds. The SMILES string of the molecule is CCCOCCCNc1cncc(C(=O)OC)n1. The zero-order valence-electron chi connectivity index (χ0n) is 10.8. The number of ether oxygens (including phenoxy) is 2. The number of esters is 1. The van der Waals surface area contributed by atoms with E-state index < -0.39 is 5.97 Å². The number of carbonyl (C=O) groups excluding carboxylic acids is 1. The number of methoxy groups -OCH3 is 1. The van der Waals surface area contributed by atoms with Crippen molar-refractivity contribution in [2.24, 2.45) is 0 Å². The first-order valence-corrected chi connectivity index (χ1v) is 6.00. The maximum atomic E-state index is 11.2. The Morgan fingerprint density at radius 1 is 1.39 bits per heavy atom. The van der Waals surface area contributed by atoms with Crippen molar-refractivity contribution in [3.8, 4) is 0 Å². The van der Waals surface area contributed by atoms with E-state index in [4.69, 9.17) is 4.74 Å². The van der Waals surface area contributed by atoms with Crippen LogP contribution in [0.5, 0.6) is 0 Å². The van der Waals surface area contributed by atoms with E-state index in [1.165, 1.54) is 13.3 Å². The van der Waals surface area contributed by atoms with Crippen LogP contribution in [0.25, 0.3) is 0 Å². The fraction of sp³-hybridized carbons (Fsp3) is 0.583. The smallest absolute Gasteiger partial charge is 0.358 e. The minimum atomic E-state index is -0.488. The van der Waals surface area contributed by atoms with E-state index in [0.717, 1.165) is 26.0 Å². The summed E-state index contributed by atoms with van der Waals surface area (Å²) in [5.74, 6) is 0.0748. The summed E-state index contributed by atoms with van der Waals surface area (Å²) in [6.07, 6.45) is 4.85. The van der Waals surface area contributed by atoms with Crippen molar-refractivity contribution >= 4 is 11.8 Å². The van der Waals surface area contributed by atoms with E-state index in [9.17, 15) is 4.79 Å². The number of rotatable bonds is 8. The zero-order valence-corrected chi connectivity index (χ0v) is 10.8. The molecule has 0 aliphatic carbocycles. The lowest BCUT2D eigenvalue weighted by Crippen LogP contribution is -2.10. The maximum absolute atomic E-state index is 11.2. The fourth-order valence-electron chi connectivity index (χ4n) is 1.29. The molecule has 18 heavy (non-hydrogen) atoms. The van der Waals surface area contributed by atoms with Gasteiger partial charge in [-0.05, 0) is 12.8 Å². The zero-order chi connectivity index (χ0) is 13.2. The molecule has 6 nitrogen and oxygen atoms in total. The van der Waals surface area contributed by atoms with Crippen molar-refractivity contribution in [3.05, 3.63) is 18.1 Å². The predicted octanol–water partition coefficient (Wildman–Crippen LogP) is 1.49. The van der Waals surface area contributed by atoms with Gasteiger partial charge in [0.1, 0.15) is 5.82 Å². The first-order valence-electron chi connectivity index (χ1n) is 6.00. The van der Waals surface area contributed by atoms with Gasteiger partial charge in [-0.3, -0.25) is 4.98 Å². The summed E-state index contributed by atoms with van der Waals surface area (Å²) in [6, 6.07) is 0. The molecule has 1 heterocycles. The van der Waals surface area contributed by atoms with Gasteiger partial charge in [-0.15, -0.1) is 0 Å². The summed E-state index contributed by atoms with van der Waals surface area (Å²) in [5, 5.41) is 3.08. The van der Waals surface area contributed by atoms with Crippen molar-refractivity contribution in [2.75, 3.05) is 32.2 Å². The Kier molecular flexibility index (Phi) is 6.71. The number of nitrogens with zero attached hydrogens (tertiary/aromatic N) is 2. The Hall–Kier alpha value is -1.69. The van der Waals surface area contributed by atoms with E-state index in [-0.39, 0.29) is 5.69 Å². The molecule has 0 saturated heterocycles. The highest BCUT2D eigenvalue weighted by Crippen LogP contribution is 2.03. The van der Waals surface area contributed by atoms with Gasteiger partial charge in [-0.2, -0.15) is 0 Å². The molecule has 1 aromatic heterocycles. The Morgan fingerprint density at radius 2 is 2.22 bits per heavy atom. The van der Waals surface area contributed by atoms with Crippen LogP contribution in [-0.4, -0.2) is 42.8 Å². The second-order valence-electron chi connectivity index (χ2n) is 3.67. The summed E-state index contributed by atoms with van der Waals surface area (Å²) in [5.41, 5.74) is 0.199. The molecular weight excluding hydrogens is 234 g/mol. The summed E-state index contributed by atoms with van der Waals surface area (Å²) in [4.78, 5) is 19.3. The first-order chi connectivity index (χ1) is 8.77. The summed E-state index contributed by atoms with van der Waals surface area (Å²) in [7, 11) is 1.31. The summed E-state index contributed by atoms with van der Waals surface area (Å²) < 4.78 is 9.92. The molecule has 0 radical (unpaired) electrons. The van der Waals surface area contributed by atoms with Crippen molar-refractivity contribution in [1.29, 1.82) is 0 Å². The topological polar surface area (TPSA) is 73.3 Å². The maximum Gasteiger partial charge on any atom is 0.358 e. The van der Waals surface area contributed by atoms with Gasteiger partial charge in [-0.1, -0.05) is 6.92 Å². The van der Waals surface area contributed by atoms with E-state index >= 15 is 0 Å². The third-order valence-corrected chi connectivity index (χ3v) is 2.15. The molecule has 1 rings (SSSR count). The third-order valence-electron chi connectivity index (χ3n) is 2.15. The molecule has 0 aromatic carbocycles. The average Bonchev–Trinajstić information content (AvgIpc) is 2.42. The third kappa shape index (κ3) is 5.09. The second-order valence-corrected chi connectivity index (χ2v) is 3.67. The molecule has 1 N–H and O–H groups in total. The first kappa shape index (κ1) is 14.4. The largest absolute Gasteiger partial charge is 0.464 e. The number of nitrogens with one attached hydrogen (secondary N) is 1. The fourth-order valence-corrected chi connectivity index (χ4v) is 1.29. The predicted molar refractivity (Wildman–Crippen MR) is 67.6 cm³/mol. The van der Waals surface area contributed by atoms with Gasteiger partial charge in [0, 0.05) is 19.8 Å². The molecule has 0 spiro atoms. The molecule has 1 aromatic rings. The van der Waals surface area contributed by atoms with E-state index in [2.05, 4.69) is 26.9 Å². The molecule has 0 aliphatic heterocycles. The number of carbonyl (C=O) groups is 1. The lowest BCUT2D eigenvalue weighted by Gasteiger charge is -2.06. The highest BCUT2D eigenvalue weighted by atomic mass is 16.5. The molecule has 0 atom stereocenters. The van der Waals surface area contributed by atoms with Gasteiger partial charge >= 0.3 is 5.97 Å². The number of anilines is 1. The Bertz CT molecular complexity index is 371. The van der Waals surface area contributed by atoms with Gasteiger partial charge in [0.25, 0.3) is 0 Å². The highest BCUT2D eigenvalue weighted by Gasteiger charge is 2.07. The second kappa shape index (κ2) is 8.41. The Labute approximate surface area is 107 Å². The van der Waals surface area contributed by atoms with Crippen LogP contribution < -0.4 is 5.32 Å². The van der Waals surface area contributed by atoms with Gasteiger partial charge in [0.05, 0.1) is 19.5 Å². The van der Waals surface area contributed by atoms with Crippen LogP contribution in [0.2, 0.25) is 0 Å². The number of aromatic nitrogens is 2. The molecule has 0 aliphatic rings. The Balaban J connectivity index is 2.32. The molecule has 0 saturated carbocycles. The van der Waals surface area contributed by atoms with Gasteiger partial charge in [-0.25, -0.2) is 9.78 Å². The molecule has 0 unspecified atom stereocenters. The molecule has 6 heteroatoms. The van der Waals surface area contributed by atoms with E-state index in [0.29, 0.717) is 12.4 Å². The average molecular weight is 253 g/mol. The van der Waals surface area contributed by atoms with Crippen LogP contribution in [0.1, 0.15) is 30.3 Å². The molecule has 0 fully saturated rings. The van der Waals surface area contributed by atoms with Crippen LogP contribution in [0.3, 0.4) is 0 Å². The van der Waals surface area contributed by atoms with E-state index in [1.54, 1.807) is 6.20 Å². The standard InChI is InChI=1S/C12H19N3O3/c1-3-6-18-7-4-5-14-11-9-13-8-10(15-11)12(16)17-2/h8-9H,3-7H2,1-2H3,(H,14,15). The van der Waals surface area contributed by atoms with Gasteiger partial charge in [0.15, 0.2) is 5.69 Å². The minimum Gasteiger partial charge on any atom is -0.464 e. The molecule has 0 bridgehead atoms.